The number of benzene rings is 2. The molecule has 3 heterocycles. The number of carbonyl (C=O) groups excluding carboxylic acids is 1. The second kappa shape index (κ2) is 13.1. The van der Waals surface area contributed by atoms with Crippen molar-refractivity contribution >= 4 is 30.8 Å². The lowest BCUT2D eigenvalue weighted by molar-refractivity contribution is -0.0444. The number of ether oxygens (including phenoxy) is 3. The van der Waals surface area contributed by atoms with Gasteiger partial charge in [0.25, 0.3) is 0 Å². The highest BCUT2D eigenvalue weighted by Crippen LogP contribution is 2.40. The average molecular weight is 620 g/mol. The van der Waals surface area contributed by atoms with Crippen LogP contribution >= 0.6 is 0 Å². The first-order chi connectivity index (χ1) is 21.0. The number of nitrogens with zero attached hydrogens (tertiary/aromatic N) is 3. The summed E-state index contributed by atoms with van der Waals surface area (Å²) in [5, 5.41) is 15.2. The molecule has 4 aromatic rings. The summed E-state index contributed by atoms with van der Waals surface area (Å²) < 4.78 is 49.4. The molecule has 0 saturated carbocycles. The second-order valence-electron chi connectivity index (χ2n) is 12.1. The molecule has 1 atom stereocenters. The van der Waals surface area contributed by atoms with E-state index in [2.05, 4.69) is 41.3 Å². The molecule has 1 saturated heterocycles. The number of nitrogens with one attached hydrogen (secondary N) is 2. The molecule has 2 aromatic heterocycles. The number of hydrogen-bond donors (Lipinski definition) is 2. The fraction of sp³-hybridized carbons (Fsp3) is 0.344. The molecule has 0 radical (unpaired) electrons. The lowest BCUT2D eigenvalue weighted by Gasteiger charge is -2.31. The van der Waals surface area contributed by atoms with Crippen LogP contribution in [0.3, 0.4) is 0 Å². The van der Waals surface area contributed by atoms with Crippen molar-refractivity contribution in [3.63, 3.8) is 0 Å². The van der Waals surface area contributed by atoms with Gasteiger partial charge in [0.05, 0.1) is 30.2 Å². The maximum atomic E-state index is 15.3. The Labute approximate surface area is 255 Å². The van der Waals surface area contributed by atoms with E-state index in [1.54, 1.807) is 18.2 Å². The maximum absolute atomic E-state index is 15.3. The van der Waals surface area contributed by atoms with Crippen molar-refractivity contribution in [2.24, 2.45) is 5.92 Å². The largest absolute Gasteiger partial charge is 0.450 e. The highest BCUT2D eigenvalue weighted by molar-refractivity contribution is 6.76. The fourth-order valence-electron chi connectivity index (χ4n) is 4.76. The van der Waals surface area contributed by atoms with E-state index in [1.165, 1.54) is 12.3 Å². The summed E-state index contributed by atoms with van der Waals surface area (Å²) >= 11 is 0. The Hall–Kier alpha value is -4.31. The fourth-order valence-corrected chi connectivity index (χ4v) is 5.52. The normalized spacial score (nSPS) is 14.1. The van der Waals surface area contributed by atoms with Gasteiger partial charge >= 0.3 is 6.03 Å². The number of rotatable bonds is 11. The standard InChI is InChI=1S/C32H35F2N5O4Si/c1-20(23-17-42-18-23)37-32(40)38-24-13-26(33)30(27(34)14-24)43-28-8-9-36-31-29(28)25(22-7-5-6-21(12-22)15-35)16-39(31)19-41-10-11-44(2,3)4/h5-9,12-14,16,20,23H,10-11,17-19H2,1-4H3,(H2,37,38,40)/q-1. The molecule has 0 aliphatic carbocycles. The summed E-state index contributed by atoms with van der Waals surface area (Å²) in [6, 6.07) is 13.0. The molecule has 12 heteroatoms. The molecule has 2 amide bonds. The second-order valence-corrected chi connectivity index (χ2v) is 17.7. The average Bonchev–Trinajstić information content (AvgIpc) is 3.31. The van der Waals surface area contributed by atoms with Gasteiger partial charge in [-0.25, -0.2) is 18.6 Å². The van der Waals surface area contributed by atoms with E-state index in [4.69, 9.17) is 14.2 Å². The van der Waals surface area contributed by atoms with Gasteiger partial charge in [-0.1, -0.05) is 12.1 Å². The molecule has 5 rings (SSSR count). The van der Waals surface area contributed by atoms with Crippen molar-refractivity contribution in [2.75, 3.05) is 25.1 Å². The predicted octanol–water partition coefficient (Wildman–Crippen LogP) is 7.11. The first-order valence-electron chi connectivity index (χ1n) is 14.4. The molecule has 1 aliphatic heterocycles. The lowest BCUT2D eigenvalue weighted by atomic mass is 10.0. The number of anilines is 1. The predicted molar refractivity (Wildman–Crippen MR) is 166 cm³/mol. The Morgan fingerprint density at radius 2 is 1.95 bits per heavy atom. The monoisotopic (exact) mass is 619 g/mol. The Morgan fingerprint density at radius 3 is 2.61 bits per heavy atom. The van der Waals surface area contributed by atoms with Gasteiger partial charge in [0.1, 0.15) is 18.1 Å². The highest BCUT2D eigenvalue weighted by atomic mass is 28.3. The minimum atomic E-state index is -1.30. The van der Waals surface area contributed by atoms with Crippen molar-refractivity contribution in [1.82, 2.24) is 14.9 Å². The van der Waals surface area contributed by atoms with Crippen molar-refractivity contribution in [3.05, 3.63) is 72.1 Å². The van der Waals surface area contributed by atoms with Crippen LogP contribution in [0.4, 0.5) is 19.3 Å². The zero-order chi connectivity index (χ0) is 31.4. The SMILES string of the molecule is CC(NC(=O)Nc1cc(F)c(Oc2ccnc3c2c(-c2cccc(C#N)c2)cn3COCC[Si-](C)(C)C)c(F)c1)C1COC1. The van der Waals surface area contributed by atoms with Gasteiger partial charge in [0, 0.05) is 54.3 Å². The third-order valence-electron chi connectivity index (χ3n) is 7.45. The van der Waals surface area contributed by atoms with Gasteiger partial charge in [-0.3, -0.25) is 0 Å². The van der Waals surface area contributed by atoms with Gasteiger partial charge in [0.15, 0.2) is 17.4 Å². The molecule has 1 fully saturated rings. The van der Waals surface area contributed by atoms with Crippen LogP contribution in [0.1, 0.15) is 12.5 Å². The topological polar surface area (TPSA) is 110 Å². The quantitative estimate of drug-likeness (QED) is 0.137. The Bertz CT molecular complexity index is 1690. The Balaban J connectivity index is 1.44. The summed E-state index contributed by atoms with van der Waals surface area (Å²) in [6.45, 7) is 10.6. The minimum Gasteiger partial charge on any atom is -0.450 e. The summed E-state index contributed by atoms with van der Waals surface area (Å²) in [5.41, 5.74) is 2.27. The zero-order valence-corrected chi connectivity index (χ0v) is 26.1. The third kappa shape index (κ3) is 7.24. The van der Waals surface area contributed by atoms with E-state index in [9.17, 15) is 10.1 Å². The van der Waals surface area contributed by atoms with E-state index >= 15 is 8.78 Å². The Kier molecular flexibility index (Phi) is 9.29. The van der Waals surface area contributed by atoms with Crippen molar-refractivity contribution in [2.45, 2.75) is 45.4 Å². The first kappa shape index (κ1) is 31.1. The van der Waals surface area contributed by atoms with Gasteiger partial charge in [0.2, 0.25) is 0 Å². The van der Waals surface area contributed by atoms with Crippen LogP contribution in [0, 0.1) is 28.9 Å². The number of carbonyl (C=O) groups is 1. The van der Waals surface area contributed by atoms with E-state index in [0.717, 1.165) is 18.2 Å². The smallest absolute Gasteiger partial charge is 0.319 e. The van der Waals surface area contributed by atoms with Gasteiger partial charge in [-0.05, 0) is 30.7 Å². The van der Waals surface area contributed by atoms with E-state index in [-0.39, 0.29) is 30.1 Å². The summed E-state index contributed by atoms with van der Waals surface area (Å²) in [5.74, 6) is -2.25. The molecule has 2 N–H and O–H groups in total. The molecule has 2 aromatic carbocycles. The van der Waals surface area contributed by atoms with Crippen LogP contribution in [0.15, 0.2) is 54.9 Å². The van der Waals surface area contributed by atoms with Crippen LogP contribution in [0.2, 0.25) is 25.7 Å². The number of halogens is 2. The van der Waals surface area contributed by atoms with Crippen molar-refractivity contribution < 1.29 is 27.8 Å². The molecule has 231 valence electrons. The van der Waals surface area contributed by atoms with Crippen molar-refractivity contribution in [1.29, 1.82) is 5.26 Å². The number of fused-ring (bicyclic) bond motifs is 1. The first-order valence-corrected chi connectivity index (χ1v) is 18.1. The van der Waals surface area contributed by atoms with E-state index < -0.39 is 31.5 Å². The molecule has 1 unspecified atom stereocenters. The van der Waals surface area contributed by atoms with Crippen LogP contribution in [-0.4, -0.2) is 49.5 Å². The highest BCUT2D eigenvalue weighted by Gasteiger charge is 2.26. The van der Waals surface area contributed by atoms with Gasteiger partial charge in [-0.15, -0.1) is 14.1 Å². The minimum absolute atomic E-state index is 0.0580. The molecular formula is C32H35F2N5O4Si-. The van der Waals surface area contributed by atoms with E-state index in [0.29, 0.717) is 47.5 Å². The summed E-state index contributed by atoms with van der Waals surface area (Å²) in [4.78, 5) is 16.9. The summed E-state index contributed by atoms with van der Waals surface area (Å²) in [6.07, 6.45) is 3.33. The van der Waals surface area contributed by atoms with Gasteiger partial charge in [-0.2, -0.15) is 24.9 Å². The molecule has 0 bridgehead atoms. The number of hydrogen-bond acceptors (Lipinski definition) is 6. The molecule has 9 nitrogen and oxygen atoms in total. The molecule has 1 aliphatic rings. The molecule has 44 heavy (non-hydrogen) atoms. The Morgan fingerprint density at radius 1 is 1.20 bits per heavy atom. The number of pyridine rings is 1. The number of nitriles is 1. The maximum Gasteiger partial charge on any atom is 0.319 e. The summed E-state index contributed by atoms with van der Waals surface area (Å²) in [7, 11) is -1.30. The van der Waals surface area contributed by atoms with Gasteiger partial charge < -0.3 is 29.4 Å². The number of aromatic nitrogens is 2. The van der Waals surface area contributed by atoms with E-state index in [1.807, 2.05) is 23.8 Å². The van der Waals surface area contributed by atoms with Crippen LogP contribution in [0.5, 0.6) is 11.5 Å². The number of amides is 2. The molecular weight excluding hydrogens is 584 g/mol. The van der Waals surface area contributed by atoms with Crippen molar-refractivity contribution in [3.8, 4) is 28.7 Å². The molecule has 0 spiro atoms. The van der Waals surface area contributed by atoms with Crippen LogP contribution in [0.25, 0.3) is 22.2 Å². The zero-order valence-electron chi connectivity index (χ0n) is 25.1. The third-order valence-corrected chi connectivity index (χ3v) is 9.15. The number of urea groups is 1. The van der Waals surface area contributed by atoms with Crippen LogP contribution in [-0.2, 0) is 16.2 Å². The lowest BCUT2D eigenvalue weighted by Crippen LogP contribution is -2.47. The van der Waals surface area contributed by atoms with Crippen LogP contribution < -0.4 is 15.4 Å².